The molecule has 0 saturated heterocycles. The second kappa shape index (κ2) is 6.07. The molecule has 1 aliphatic rings. The van der Waals surface area contributed by atoms with Crippen LogP contribution in [0.15, 0.2) is 12.1 Å². The highest BCUT2D eigenvalue weighted by Gasteiger charge is 2.32. The quantitative estimate of drug-likeness (QED) is 0.824. The van der Waals surface area contributed by atoms with Gasteiger partial charge in [-0.15, -0.1) is 0 Å². The number of anilines is 1. The predicted molar refractivity (Wildman–Crippen MR) is 73.3 cm³/mol. The van der Waals surface area contributed by atoms with E-state index in [-0.39, 0.29) is 18.3 Å². The molecule has 0 heterocycles. The van der Waals surface area contributed by atoms with Crippen LogP contribution in [0.2, 0.25) is 0 Å². The first-order valence-corrected chi connectivity index (χ1v) is 6.74. The van der Waals surface area contributed by atoms with E-state index in [1.54, 1.807) is 0 Å². The Balaban J connectivity index is 2.38. The number of halogens is 2. The maximum Gasteiger partial charge on any atom is 0.260 e. The van der Waals surface area contributed by atoms with Gasteiger partial charge in [0.25, 0.3) is 5.91 Å². The summed E-state index contributed by atoms with van der Waals surface area (Å²) < 4.78 is 27.8. The van der Waals surface area contributed by atoms with Gasteiger partial charge < -0.3 is 16.4 Å². The highest BCUT2D eigenvalue weighted by molar-refractivity contribution is 5.97. The molecule has 0 unspecified atom stereocenters. The third-order valence-corrected chi connectivity index (χ3v) is 3.69. The highest BCUT2D eigenvalue weighted by Crippen LogP contribution is 2.27. The summed E-state index contributed by atoms with van der Waals surface area (Å²) in [5, 5.41) is 0. The van der Waals surface area contributed by atoms with E-state index < -0.39 is 29.0 Å². The molecule has 2 amide bonds. The predicted octanol–water partition coefficient (Wildman–Crippen LogP) is 1.42. The molecule has 7 heteroatoms. The molecule has 1 aromatic carbocycles. The summed E-state index contributed by atoms with van der Waals surface area (Å²) in [4.78, 5) is 24.7. The van der Waals surface area contributed by atoms with Crippen molar-refractivity contribution < 1.29 is 18.4 Å². The summed E-state index contributed by atoms with van der Waals surface area (Å²) in [6.07, 6.45) is 3.17. The molecule has 1 aromatic rings. The number of carbonyl (C=O) groups excluding carboxylic acids is 2. The molecule has 0 radical (unpaired) electrons. The number of nitrogens with two attached hydrogens (primary N) is 2. The van der Waals surface area contributed by atoms with Crippen LogP contribution >= 0.6 is 0 Å². The molecule has 1 fully saturated rings. The van der Waals surface area contributed by atoms with Crippen molar-refractivity contribution in [3.63, 3.8) is 0 Å². The van der Waals surface area contributed by atoms with Crippen LogP contribution in [-0.2, 0) is 4.79 Å². The smallest absolute Gasteiger partial charge is 0.260 e. The number of primary amides is 1. The monoisotopic (exact) mass is 297 g/mol. The molecule has 0 spiro atoms. The molecule has 21 heavy (non-hydrogen) atoms. The molecular formula is C14H17F2N3O2. The van der Waals surface area contributed by atoms with E-state index in [2.05, 4.69) is 0 Å². The Bertz CT molecular complexity index is 572. The standard InChI is InChI=1S/C14H17F2N3O2/c15-9-5-6-10(17)13(16)12(9)14(21)19(7-11(18)20)8-3-1-2-4-8/h5-6,8H,1-4,7,17H2,(H2,18,20). The van der Waals surface area contributed by atoms with Crippen LogP contribution in [0, 0.1) is 11.6 Å². The van der Waals surface area contributed by atoms with Gasteiger partial charge in [-0.1, -0.05) is 12.8 Å². The maximum atomic E-state index is 14.0. The summed E-state index contributed by atoms with van der Waals surface area (Å²) in [5.41, 5.74) is 9.47. The average molecular weight is 297 g/mol. The van der Waals surface area contributed by atoms with Gasteiger partial charge in [0, 0.05) is 6.04 Å². The Labute approximate surface area is 120 Å². The number of nitrogen functional groups attached to an aromatic ring is 1. The van der Waals surface area contributed by atoms with E-state index in [0.29, 0.717) is 12.8 Å². The van der Waals surface area contributed by atoms with Gasteiger partial charge in [0.15, 0.2) is 5.82 Å². The fraction of sp³-hybridized carbons (Fsp3) is 0.429. The van der Waals surface area contributed by atoms with Crippen LogP contribution in [0.3, 0.4) is 0 Å². The zero-order chi connectivity index (χ0) is 15.6. The second-order valence-corrected chi connectivity index (χ2v) is 5.16. The fourth-order valence-corrected chi connectivity index (χ4v) is 2.66. The lowest BCUT2D eigenvalue weighted by Crippen LogP contribution is -2.44. The van der Waals surface area contributed by atoms with Crippen molar-refractivity contribution in [2.75, 3.05) is 12.3 Å². The Morgan fingerprint density at radius 1 is 1.24 bits per heavy atom. The Kier molecular flexibility index (Phi) is 4.40. The first-order valence-electron chi connectivity index (χ1n) is 6.74. The van der Waals surface area contributed by atoms with E-state index in [4.69, 9.17) is 11.5 Å². The summed E-state index contributed by atoms with van der Waals surface area (Å²) in [7, 11) is 0. The van der Waals surface area contributed by atoms with E-state index in [1.165, 1.54) is 0 Å². The van der Waals surface area contributed by atoms with Gasteiger partial charge in [-0.2, -0.15) is 0 Å². The molecule has 1 aliphatic carbocycles. The van der Waals surface area contributed by atoms with Crippen molar-refractivity contribution in [2.24, 2.45) is 5.73 Å². The number of amides is 2. The second-order valence-electron chi connectivity index (χ2n) is 5.16. The number of carbonyl (C=O) groups is 2. The van der Waals surface area contributed by atoms with Crippen LogP contribution in [0.25, 0.3) is 0 Å². The minimum atomic E-state index is -1.10. The number of hydrogen-bond acceptors (Lipinski definition) is 3. The summed E-state index contributed by atoms with van der Waals surface area (Å²) in [5.74, 6) is -3.71. The van der Waals surface area contributed by atoms with E-state index >= 15 is 0 Å². The van der Waals surface area contributed by atoms with Crippen molar-refractivity contribution in [3.8, 4) is 0 Å². The summed E-state index contributed by atoms with van der Waals surface area (Å²) in [6.45, 7) is -0.364. The van der Waals surface area contributed by atoms with Crippen LogP contribution in [0.5, 0.6) is 0 Å². The number of hydrogen-bond donors (Lipinski definition) is 2. The van der Waals surface area contributed by atoms with Gasteiger partial charge in [0.1, 0.15) is 11.4 Å². The topological polar surface area (TPSA) is 89.4 Å². The highest BCUT2D eigenvalue weighted by atomic mass is 19.1. The Hall–Kier alpha value is -2.18. The van der Waals surface area contributed by atoms with Gasteiger partial charge in [0.2, 0.25) is 5.91 Å². The van der Waals surface area contributed by atoms with Gasteiger partial charge in [-0.3, -0.25) is 9.59 Å². The van der Waals surface area contributed by atoms with Gasteiger partial charge in [-0.05, 0) is 25.0 Å². The van der Waals surface area contributed by atoms with Gasteiger partial charge in [-0.25, -0.2) is 8.78 Å². The number of rotatable bonds is 4. The molecule has 5 nitrogen and oxygen atoms in total. The molecule has 0 bridgehead atoms. The third-order valence-electron chi connectivity index (χ3n) is 3.69. The summed E-state index contributed by atoms with van der Waals surface area (Å²) in [6, 6.07) is 1.75. The molecule has 114 valence electrons. The molecule has 2 rings (SSSR count). The van der Waals surface area contributed by atoms with Crippen LogP contribution in [0.4, 0.5) is 14.5 Å². The van der Waals surface area contributed by atoms with E-state index in [9.17, 15) is 18.4 Å². The normalized spacial score (nSPS) is 15.1. The lowest BCUT2D eigenvalue weighted by Gasteiger charge is -2.28. The summed E-state index contributed by atoms with van der Waals surface area (Å²) >= 11 is 0. The van der Waals surface area contributed by atoms with Crippen LogP contribution in [-0.4, -0.2) is 29.3 Å². The van der Waals surface area contributed by atoms with E-state index in [0.717, 1.165) is 29.9 Å². The molecule has 4 N–H and O–H groups in total. The van der Waals surface area contributed by atoms with Crippen molar-refractivity contribution >= 4 is 17.5 Å². The first kappa shape index (κ1) is 15.2. The molecule has 0 aliphatic heterocycles. The van der Waals surface area contributed by atoms with Crippen molar-refractivity contribution in [3.05, 3.63) is 29.3 Å². The molecular weight excluding hydrogens is 280 g/mol. The zero-order valence-corrected chi connectivity index (χ0v) is 11.4. The number of benzene rings is 1. The first-order chi connectivity index (χ1) is 9.91. The van der Waals surface area contributed by atoms with Gasteiger partial charge >= 0.3 is 0 Å². The lowest BCUT2D eigenvalue weighted by atomic mass is 10.1. The Morgan fingerprint density at radius 3 is 2.43 bits per heavy atom. The maximum absolute atomic E-state index is 14.0. The minimum absolute atomic E-state index is 0.231. The third kappa shape index (κ3) is 3.12. The zero-order valence-electron chi connectivity index (χ0n) is 11.4. The average Bonchev–Trinajstić information content (AvgIpc) is 2.94. The Morgan fingerprint density at radius 2 is 1.86 bits per heavy atom. The molecule has 1 saturated carbocycles. The van der Waals surface area contributed by atoms with E-state index in [1.807, 2.05) is 0 Å². The largest absolute Gasteiger partial charge is 0.396 e. The molecule has 0 atom stereocenters. The molecule has 0 aromatic heterocycles. The van der Waals surface area contributed by atoms with Crippen molar-refractivity contribution in [1.82, 2.24) is 4.90 Å². The van der Waals surface area contributed by atoms with Gasteiger partial charge in [0.05, 0.1) is 12.2 Å². The van der Waals surface area contributed by atoms with Crippen molar-refractivity contribution in [2.45, 2.75) is 31.7 Å². The lowest BCUT2D eigenvalue weighted by molar-refractivity contribution is -0.119. The fourth-order valence-electron chi connectivity index (χ4n) is 2.66. The van der Waals surface area contributed by atoms with Crippen LogP contribution < -0.4 is 11.5 Å². The van der Waals surface area contributed by atoms with Crippen molar-refractivity contribution in [1.29, 1.82) is 0 Å². The van der Waals surface area contributed by atoms with Crippen LogP contribution in [0.1, 0.15) is 36.0 Å². The number of nitrogens with zero attached hydrogens (tertiary/aromatic N) is 1. The SMILES string of the molecule is NC(=O)CN(C(=O)c1c(F)ccc(N)c1F)C1CCCC1. The minimum Gasteiger partial charge on any atom is -0.396 e.